The molecule has 0 fully saturated rings. The molecule has 1 aromatic carbocycles. The van der Waals surface area contributed by atoms with Crippen LogP contribution in [0.2, 0.25) is 0 Å². The third kappa shape index (κ3) is 4.89. The first-order valence-corrected chi connectivity index (χ1v) is 13.0. The molecule has 3 aliphatic rings. The van der Waals surface area contributed by atoms with Crippen molar-refractivity contribution < 1.29 is 38.3 Å². The van der Waals surface area contributed by atoms with Crippen LogP contribution >= 0.6 is 11.8 Å². The van der Waals surface area contributed by atoms with Gasteiger partial charge in [0, 0.05) is 28.3 Å². The molecule has 4 rings (SSSR count). The molecule has 37 heavy (non-hydrogen) atoms. The molecule has 0 spiro atoms. The molecule has 3 atom stereocenters. The number of nitro benzene ring substituents is 1. The summed E-state index contributed by atoms with van der Waals surface area (Å²) in [4.78, 5) is 51.4. The highest BCUT2D eigenvalue weighted by Gasteiger charge is 2.49. The molecule has 2 heterocycles. The molecule has 1 aliphatic carbocycles. The number of thioether (sulfide) groups is 1. The van der Waals surface area contributed by atoms with Gasteiger partial charge in [-0.05, 0) is 31.1 Å². The first-order valence-electron chi connectivity index (χ1n) is 11.8. The number of methoxy groups -OCH3 is 1. The smallest absolute Gasteiger partial charge is 0.336 e. The zero-order chi connectivity index (χ0) is 26.9. The van der Waals surface area contributed by atoms with E-state index in [1.54, 1.807) is 25.6 Å². The lowest BCUT2D eigenvalue weighted by molar-refractivity contribution is -0.385. The van der Waals surface area contributed by atoms with E-state index in [2.05, 4.69) is 5.32 Å². The minimum absolute atomic E-state index is 0.0636. The van der Waals surface area contributed by atoms with Crippen LogP contribution in [0.4, 0.5) is 5.69 Å². The predicted octanol–water partition coefficient (Wildman–Crippen LogP) is 3.23. The van der Waals surface area contributed by atoms with Gasteiger partial charge in [-0.1, -0.05) is 13.8 Å². The summed E-state index contributed by atoms with van der Waals surface area (Å²) in [6.45, 7) is 5.42. The number of fused-ring (bicyclic) bond motifs is 1. The van der Waals surface area contributed by atoms with Crippen molar-refractivity contribution in [2.45, 2.75) is 33.1 Å². The number of allylic oxidation sites excluding steroid dienone is 3. The van der Waals surface area contributed by atoms with Gasteiger partial charge in [0.15, 0.2) is 17.3 Å². The molecule has 0 aromatic heterocycles. The second-order valence-corrected chi connectivity index (χ2v) is 10.3. The highest BCUT2D eigenvalue weighted by atomic mass is 32.2. The normalized spacial score (nSPS) is 22.4. The molecule has 1 aromatic rings. The van der Waals surface area contributed by atoms with Gasteiger partial charge in [-0.25, -0.2) is 4.79 Å². The molecule has 1 N–H and O–H groups in total. The second kappa shape index (κ2) is 10.8. The fourth-order valence-electron chi connectivity index (χ4n) is 5.01. The number of hydrogen-bond donors (Lipinski definition) is 1. The molecule has 0 saturated carbocycles. The maximum Gasteiger partial charge on any atom is 0.336 e. The number of rotatable bonds is 8. The van der Waals surface area contributed by atoms with Gasteiger partial charge < -0.3 is 24.3 Å². The Kier molecular flexibility index (Phi) is 7.76. The Morgan fingerprint density at radius 3 is 2.62 bits per heavy atom. The largest absolute Gasteiger partial charge is 0.468 e. The van der Waals surface area contributed by atoms with Crippen molar-refractivity contribution in [1.82, 2.24) is 5.32 Å². The quantitative estimate of drug-likeness (QED) is 0.173. The van der Waals surface area contributed by atoms with Gasteiger partial charge in [0.1, 0.15) is 12.5 Å². The minimum Gasteiger partial charge on any atom is -0.468 e. The van der Waals surface area contributed by atoms with Crippen LogP contribution in [0, 0.1) is 22.0 Å². The van der Waals surface area contributed by atoms with Gasteiger partial charge >= 0.3 is 11.9 Å². The van der Waals surface area contributed by atoms with Crippen LogP contribution < -0.4 is 14.8 Å². The molecule has 0 bridgehead atoms. The lowest BCUT2D eigenvalue weighted by Crippen LogP contribution is -2.43. The second-order valence-electron chi connectivity index (χ2n) is 8.89. The van der Waals surface area contributed by atoms with E-state index in [-0.39, 0.29) is 53.2 Å². The number of nitro groups is 1. The molecular weight excluding hydrogens is 504 g/mol. The fraction of sp³-hybridized carbons (Fsp3) is 0.480. The van der Waals surface area contributed by atoms with Crippen molar-refractivity contribution in [3.05, 3.63) is 50.4 Å². The van der Waals surface area contributed by atoms with Crippen molar-refractivity contribution in [3.8, 4) is 11.5 Å². The molecule has 198 valence electrons. The van der Waals surface area contributed by atoms with Crippen molar-refractivity contribution in [2.75, 3.05) is 32.0 Å². The van der Waals surface area contributed by atoms with Gasteiger partial charge in [-0.2, -0.15) is 11.8 Å². The number of nitrogens with one attached hydrogen (secondary N) is 1. The standard InChI is InChI=1S/C25H28N2O9S/c1-5-37-7-6-34-25(30)20-13(3)26-15-8-12(2)19(24(29)33-4)23(28)22(15)21(20)14-9-17-18(36-11-35-17)10-16(14)27(31)32/h9-10,12,19,21,26H,5-8,11H2,1-4H3/t12-,19-,21+/m0/s1. The molecular formula is C25H28N2O9S. The first kappa shape index (κ1) is 26.5. The zero-order valence-corrected chi connectivity index (χ0v) is 21.8. The summed E-state index contributed by atoms with van der Waals surface area (Å²) in [5.41, 5.74) is 0.822. The average molecular weight is 533 g/mol. The summed E-state index contributed by atoms with van der Waals surface area (Å²) < 4.78 is 21.2. The van der Waals surface area contributed by atoms with E-state index in [4.69, 9.17) is 18.9 Å². The Bertz CT molecular complexity index is 1220. The van der Waals surface area contributed by atoms with Crippen LogP contribution in [-0.2, 0) is 23.9 Å². The number of ether oxygens (including phenoxy) is 4. The van der Waals surface area contributed by atoms with Crippen LogP contribution in [-0.4, -0.2) is 54.7 Å². The van der Waals surface area contributed by atoms with Crippen LogP contribution in [0.5, 0.6) is 11.5 Å². The monoisotopic (exact) mass is 532 g/mol. The lowest BCUT2D eigenvalue weighted by Gasteiger charge is -2.38. The third-order valence-electron chi connectivity index (χ3n) is 6.66. The summed E-state index contributed by atoms with van der Waals surface area (Å²) in [6, 6.07) is 2.65. The summed E-state index contributed by atoms with van der Waals surface area (Å²) >= 11 is 1.60. The zero-order valence-electron chi connectivity index (χ0n) is 21.0. The van der Waals surface area contributed by atoms with E-state index in [9.17, 15) is 24.5 Å². The van der Waals surface area contributed by atoms with Gasteiger partial charge in [0.05, 0.1) is 29.6 Å². The van der Waals surface area contributed by atoms with E-state index in [1.165, 1.54) is 19.2 Å². The molecule has 0 amide bonds. The minimum atomic E-state index is -1.16. The number of benzene rings is 1. The van der Waals surface area contributed by atoms with E-state index in [1.807, 2.05) is 6.92 Å². The summed E-state index contributed by atoms with van der Waals surface area (Å²) in [5, 5.41) is 15.3. The number of hydrogen-bond acceptors (Lipinski definition) is 11. The van der Waals surface area contributed by atoms with Gasteiger partial charge in [0.25, 0.3) is 5.69 Å². The molecule has 0 saturated heterocycles. The Hall–Kier alpha value is -3.54. The first-order chi connectivity index (χ1) is 17.7. The Balaban J connectivity index is 1.89. The van der Waals surface area contributed by atoms with E-state index in [0.717, 1.165) is 5.75 Å². The molecule has 11 nitrogen and oxygen atoms in total. The van der Waals surface area contributed by atoms with Crippen molar-refractivity contribution >= 4 is 35.2 Å². The van der Waals surface area contributed by atoms with Crippen molar-refractivity contribution in [2.24, 2.45) is 11.8 Å². The third-order valence-corrected chi connectivity index (χ3v) is 7.52. The number of ketones is 1. The van der Waals surface area contributed by atoms with Crippen LogP contribution in [0.3, 0.4) is 0 Å². The number of Topliss-reactive ketones (excluding diaryl/α,β-unsaturated/α-hetero) is 1. The lowest BCUT2D eigenvalue weighted by atomic mass is 9.69. The Labute approximate surface area is 217 Å². The van der Waals surface area contributed by atoms with Crippen molar-refractivity contribution in [1.29, 1.82) is 0 Å². The van der Waals surface area contributed by atoms with Crippen molar-refractivity contribution in [3.63, 3.8) is 0 Å². The molecule has 2 aliphatic heterocycles. The fourth-order valence-corrected chi connectivity index (χ4v) is 5.50. The van der Waals surface area contributed by atoms with Gasteiger partial charge in [-0.15, -0.1) is 0 Å². The molecule has 12 heteroatoms. The summed E-state index contributed by atoms with van der Waals surface area (Å²) in [7, 11) is 1.20. The maximum absolute atomic E-state index is 13.8. The topological polar surface area (TPSA) is 143 Å². The maximum atomic E-state index is 13.8. The number of carbonyl (C=O) groups excluding carboxylic acids is 3. The van der Waals surface area contributed by atoms with Crippen LogP contribution in [0.1, 0.15) is 38.7 Å². The van der Waals surface area contributed by atoms with Crippen LogP contribution in [0.25, 0.3) is 0 Å². The highest BCUT2D eigenvalue weighted by molar-refractivity contribution is 7.99. The number of dihydropyridines is 1. The van der Waals surface area contributed by atoms with Crippen LogP contribution in [0.15, 0.2) is 34.7 Å². The highest BCUT2D eigenvalue weighted by Crippen LogP contribution is 2.50. The Morgan fingerprint density at radius 2 is 1.97 bits per heavy atom. The molecule has 0 radical (unpaired) electrons. The predicted molar refractivity (Wildman–Crippen MR) is 133 cm³/mol. The van der Waals surface area contributed by atoms with E-state index >= 15 is 0 Å². The van der Waals surface area contributed by atoms with E-state index in [0.29, 0.717) is 23.6 Å². The average Bonchev–Trinajstić information content (AvgIpc) is 3.32. The number of nitrogens with zero attached hydrogens (tertiary/aromatic N) is 1. The SMILES string of the molecule is CCSCCOC(=O)C1=C(C)NC2=C(C(=O)[C@@H](C(=O)OC)[C@@H](C)C2)[C@@H]1c1cc2c(cc1[N+](=O)[O-])OCO2. The number of esters is 2. The van der Waals surface area contributed by atoms with Gasteiger partial charge in [0.2, 0.25) is 6.79 Å². The summed E-state index contributed by atoms with van der Waals surface area (Å²) in [6.07, 6.45) is 0.308. The summed E-state index contributed by atoms with van der Waals surface area (Å²) in [5.74, 6) is -2.74. The number of carbonyl (C=O) groups is 3. The Morgan fingerprint density at radius 1 is 1.27 bits per heavy atom. The molecule has 0 unspecified atom stereocenters. The van der Waals surface area contributed by atoms with E-state index < -0.39 is 34.5 Å². The van der Waals surface area contributed by atoms with Gasteiger partial charge in [-0.3, -0.25) is 19.7 Å².